The maximum absolute atomic E-state index is 13.1. The molecular weight excluding hydrogens is 404 g/mol. The summed E-state index contributed by atoms with van der Waals surface area (Å²) in [7, 11) is 1.47. The van der Waals surface area contributed by atoms with E-state index in [-0.39, 0.29) is 23.6 Å². The van der Waals surface area contributed by atoms with Crippen LogP contribution in [0.5, 0.6) is 0 Å². The molecule has 6 nitrogen and oxygen atoms in total. The van der Waals surface area contributed by atoms with Gasteiger partial charge in [-0.25, -0.2) is 0 Å². The fourth-order valence-corrected chi connectivity index (χ4v) is 5.26. The third-order valence-corrected chi connectivity index (χ3v) is 7.38. The molecule has 6 heteroatoms. The van der Waals surface area contributed by atoms with Crippen molar-refractivity contribution >= 4 is 23.6 Å². The largest absolute Gasteiger partial charge is 0.277 e. The van der Waals surface area contributed by atoms with E-state index in [0.29, 0.717) is 34.7 Å². The summed E-state index contributed by atoms with van der Waals surface area (Å²) < 4.78 is 0. The summed E-state index contributed by atoms with van der Waals surface area (Å²) in [5.74, 6) is 0.0438. The van der Waals surface area contributed by atoms with E-state index in [4.69, 9.17) is 0 Å². The zero-order valence-electron chi connectivity index (χ0n) is 18.4. The van der Waals surface area contributed by atoms with Gasteiger partial charge in [0, 0.05) is 13.6 Å². The quantitative estimate of drug-likeness (QED) is 0.674. The fraction of sp³-hybridized carbons (Fsp3) is 0.385. The SMILES string of the molecule is CCC1CCC(CN2C(=O)c3ccc(-c4ccc5c(c4)C(=O)N(C)C5=O)cc3C2=O)CC1. The molecule has 2 aromatic rings. The number of carbonyl (C=O) groups excluding carboxylic acids is 4. The molecule has 0 bridgehead atoms. The molecular formula is C26H26N2O4. The molecule has 2 heterocycles. The van der Waals surface area contributed by atoms with E-state index in [0.717, 1.165) is 34.8 Å². The van der Waals surface area contributed by atoms with Gasteiger partial charge in [0.25, 0.3) is 23.6 Å². The number of amides is 4. The molecule has 0 atom stereocenters. The molecule has 1 aliphatic carbocycles. The van der Waals surface area contributed by atoms with Crippen molar-refractivity contribution in [2.45, 2.75) is 39.0 Å². The van der Waals surface area contributed by atoms with Gasteiger partial charge in [-0.2, -0.15) is 0 Å². The number of hydrogen-bond acceptors (Lipinski definition) is 4. The molecule has 2 aliphatic heterocycles. The van der Waals surface area contributed by atoms with Crippen LogP contribution < -0.4 is 0 Å². The minimum absolute atomic E-state index is 0.217. The second kappa shape index (κ2) is 7.69. The summed E-state index contributed by atoms with van der Waals surface area (Å²) in [5, 5.41) is 0. The average molecular weight is 431 g/mol. The second-order valence-electron chi connectivity index (χ2n) is 9.21. The molecule has 164 valence electrons. The van der Waals surface area contributed by atoms with Crippen molar-refractivity contribution in [1.82, 2.24) is 9.80 Å². The molecule has 0 saturated heterocycles. The standard InChI is InChI=1S/C26H26N2O4/c1-3-15-4-6-16(7-5-15)14-28-25(31)20-11-9-18(13-22(20)26(28)32)17-8-10-19-21(12-17)24(30)27(2)23(19)29/h8-13,15-16H,3-7,14H2,1-2H3. The molecule has 0 N–H and O–H groups in total. The number of benzene rings is 2. The number of imide groups is 2. The Morgan fingerprint density at radius 2 is 1.16 bits per heavy atom. The Hall–Kier alpha value is -3.28. The van der Waals surface area contributed by atoms with Crippen LogP contribution in [-0.2, 0) is 0 Å². The zero-order chi connectivity index (χ0) is 22.6. The van der Waals surface area contributed by atoms with Gasteiger partial charge in [0.2, 0.25) is 0 Å². The van der Waals surface area contributed by atoms with Crippen molar-refractivity contribution in [2.24, 2.45) is 11.8 Å². The predicted molar refractivity (Wildman–Crippen MR) is 119 cm³/mol. The lowest BCUT2D eigenvalue weighted by atomic mass is 9.80. The Bertz CT molecular complexity index is 1160. The molecule has 3 aliphatic rings. The highest BCUT2D eigenvalue weighted by Crippen LogP contribution is 2.35. The fourth-order valence-electron chi connectivity index (χ4n) is 5.26. The first kappa shape index (κ1) is 20.6. The lowest BCUT2D eigenvalue weighted by Crippen LogP contribution is -2.35. The summed E-state index contributed by atoms with van der Waals surface area (Å²) in [4.78, 5) is 53.0. The highest BCUT2D eigenvalue weighted by atomic mass is 16.2. The number of rotatable bonds is 4. The molecule has 0 spiro atoms. The normalized spacial score (nSPS) is 22.6. The van der Waals surface area contributed by atoms with Crippen molar-refractivity contribution in [3.8, 4) is 11.1 Å². The molecule has 5 rings (SSSR count). The number of fused-ring (bicyclic) bond motifs is 2. The van der Waals surface area contributed by atoms with Gasteiger partial charge in [-0.1, -0.05) is 38.3 Å². The predicted octanol–water partition coefficient (Wildman–Crippen LogP) is 4.39. The number of nitrogens with zero attached hydrogens (tertiary/aromatic N) is 2. The third kappa shape index (κ3) is 3.17. The van der Waals surface area contributed by atoms with Gasteiger partial charge in [-0.15, -0.1) is 0 Å². The molecule has 1 fully saturated rings. The van der Waals surface area contributed by atoms with Gasteiger partial charge in [-0.05, 0) is 60.1 Å². The monoisotopic (exact) mass is 430 g/mol. The molecule has 32 heavy (non-hydrogen) atoms. The maximum Gasteiger partial charge on any atom is 0.261 e. The topological polar surface area (TPSA) is 74.8 Å². The Balaban J connectivity index is 1.39. The summed E-state index contributed by atoms with van der Waals surface area (Å²) in [6, 6.07) is 10.3. The van der Waals surface area contributed by atoms with Crippen LogP contribution in [0.15, 0.2) is 36.4 Å². The van der Waals surface area contributed by atoms with Crippen LogP contribution in [0.4, 0.5) is 0 Å². The minimum atomic E-state index is -0.330. The van der Waals surface area contributed by atoms with Crippen LogP contribution >= 0.6 is 0 Å². The smallest absolute Gasteiger partial charge is 0.261 e. The Morgan fingerprint density at radius 1 is 0.688 bits per heavy atom. The Kier molecular flexibility index (Phi) is 4.96. The van der Waals surface area contributed by atoms with Gasteiger partial charge in [0.15, 0.2) is 0 Å². The Morgan fingerprint density at radius 3 is 1.75 bits per heavy atom. The third-order valence-electron chi connectivity index (χ3n) is 7.38. The van der Waals surface area contributed by atoms with Gasteiger partial charge < -0.3 is 0 Å². The molecule has 0 aromatic heterocycles. The van der Waals surface area contributed by atoms with E-state index in [9.17, 15) is 19.2 Å². The van der Waals surface area contributed by atoms with Gasteiger partial charge >= 0.3 is 0 Å². The van der Waals surface area contributed by atoms with Crippen LogP contribution in [0.2, 0.25) is 0 Å². The van der Waals surface area contributed by atoms with Crippen molar-refractivity contribution in [1.29, 1.82) is 0 Å². The zero-order valence-corrected chi connectivity index (χ0v) is 18.4. The van der Waals surface area contributed by atoms with Crippen molar-refractivity contribution in [3.05, 3.63) is 58.7 Å². The van der Waals surface area contributed by atoms with E-state index < -0.39 is 0 Å². The van der Waals surface area contributed by atoms with E-state index in [2.05, 4.69) is 6.92 Å². The molecule has 0 radical (unpaired) electrons. The van der Waals surface area contributed by atoms with E-state index in [1.807, 2.05) is 0 Å². The summed E-state index contributed by atoms with van der Waals surface area (Å²) >= 11 is 0. The first-order valence-electron chi connectivity index (χ1n) is 11.4. The summed E-state index contributed by atoms with van der Waals surface area (Å²) in [5.41, 5.74) is 3.08. The highest BCUT2D eigenvalue weighted by molar-refractivity contribution is 6.22. The summed E-state index contributed by atoms with van der Waals surface area (Å²) in [6.45, 7) is 2.71. The van der Waals surface area contributed by atoms with Crippen LogP contribution in [-0.4, -0.2) is 47.0 Å². The van der Waals surface area contributed by atoms with Crippen LogP contribution in [0.3, 0.4) is 0 Å². The van der Waals surface area contributed by atoms with Crippen LogP contribution in [0, 0.1) is 11.8 Å². The van der Waals surface area contributed by atoms with Gasteiger partial charge in [-0.3, -0.25) is 29.0 Å². The number of hydrogen-bond donors (Lipinski definition) is 0. The first-order valence-corrected chi connectivity index (χ1v) is 11.4. The highest BCUT2D eigenvalue weighted by Gasteiger charge is 2.38. The molecule has 0 unspecified atom stereocenters. The average Bonchev–Trinajstić information content (AvgIpc) is 3.19. The van der Waals surface area contributed by atoms with Crippen molar-refractivity contribution in [3.63, 3.8) is 0 Å². The van der Waals surface area contributed by atoms with Crippen molar-refractivity contribution in [2.75, 3.05) is 13.6 Å². The molecule has 1 saturated carbocycles. The van der Waals surface area contributed by atoms with E-state index >= 15 is 0 Å². The lowest BCUT2D eigenvalue weighted by molar-refractivity contribution is 0.0607. The molecule has 4 amide bonds. The van der Waals surface area contributed by atoms with E-state index in [1.165, 1.54) is 31.2 Å². The Labute approximate surface area is 187 Å². The maximum atomic E-state index is 13.1. The van der Waals surface area contributed by atoms with Crippen molar-refractivity contribution < 1.29 is 19.2 Å². The second-order valence-corrected chi connectivity index (χ2v) is 9.21. The molecule has 2 aromatic carbocycles. The van der Waals surface area contributed by atoms with E-state index in [1.54, 1.807) is 36.4 Å². The minimum Gasteiger partial charge on any atom is -0.277 e. The van der Waals surface area contributed by atoms with Gasteiger partial charge in [0.1, 0.15) is 0 Å². The first-order chi connectivity index (χ1) is 15.4. The summed E-state index contributed by atoms with van der Waals surface area (Å²) in [6.07, 6.45) is 5.66. The number of carbonyl (C=O) groups is 4. The van der Waals surface area contributed by atoms with Crippen LogP contribution in [0.1, 0.15) is 80.5 Å². The van der Waals surface area contributed by atoms with Crippen LogP contribution in [0.25, 0.3) is 11.1 Å². The van der Waals surface area contributed by atoms with Gasteiger partial charge in [0.05, 0.1) is 22.3 Å². The lowest BCUT2D eigenvalue weighted by Gasteiger charge is -2.30.